The summed E-state index contributed by atoms with van der Waals surface area (Å²) in [7, 11) is 1.34. The summed E-state index contributed by atoms with van der Waals surface area (Å²) in [5.41, 5.74) is 0.734. The number of esters is 1. The minimum atomic E-state index is -0.296. The lowest BCUT2D eigenvalue weighted by Gasteiger charge is -2.06. The van der Waals surface area contributed by atoms with Gasteiger partial charge >= 0.3 is 5.97 Å². The lowest BCUT2D eigenvalue weighted by atomic mass is 10.3. The Morgan fingerprint density at radius 3 is 2.56 bits per heavy atom. The molecule has 0 heterocycles. The topological polar surface area (TPSA) is 67.4 Å². The second-order valence-corrected chi connectivity index (χ2v) is 4.47. The van der Waals surface area contributed by atoms with Crippen LogP contribution in [-0.4, -0.2) is 32.1 Å². The van der Waals surface area contributed by atoms with Crippen LogP contribution >= 0.6 is 15.9 Å². The molecular weight excluding hydrogens is 300 g/mol. The lowest BCUT2D eigenvalue weighted by Crippen LogP contribution is -2.29. The highest BCUT2D eigenvalue weighted by Gasteiger charge is 2.03. The molecular formula is C12H15BrN2O3. The molecule has 1 aromatic carbocycles. The van der Waals surface area contributed by atoms with Gasteiger partial charge in [-0.1, -0.05) is 15.9 Å². The third-order valence-electron chi connectivity index (χ3n) is 2.15. The summed E-state index contributed by atoms with van der Waals surface area (Å²) < 4.78 is 5.44. The van der Waals surface area contributed by atoms with Crippen LogP contribution in [0.1, 0.15) is 6.42 Å². The van der Waals surface area contributed by atoms with Crippen LogP contribution in [-0.2, 0) is 14.3 Å². The van der Waals surface area contributed by atoms with Gasteiger partial charge in [0.25, 0.3) is 0 Å². The van der Waals surface area contributed by atoms with Crippen molar-refractivity contribution < 1.29 is 14.3 Å². The van der Waals surface area contributed by atoms with E-state index < -0.39 is 0 Å². The van der Waals surface area contributed by atoms with E-state index in [2.05, 4.69) is 31.3 Å². The van der Waals surface area contributed by atoms with Gasteiger partial charge in [0.15, 0.2) is 0 Å². The summed E-state index contributed by atoms with van der Waals surface area (Å²) in [5, 5.41) is 5.59. The molecule has 0 saturated heterocycles. The van der Waals surface area contributed by atoms with Crippen LogP contribution in [0.3, 0.4) is 0 Å². The number of hydrogen-bond donors (Lipinski definition) is 2. The number of amides is 1. The summed E-state index contributed by atoms with van der Waals surface area (Å²) in [6.07, 6.45) is 0.252. The Hall–Kier alpha value is -1.40. The highest BCUT2D eigenvalue weighted by Crippen LogP contribution is 2.13. The smallest absolute Gasteiger partial charge is 0.306 e. The first-order valence-electron chi connectivity index (χ1n) is 5.45. The number of benzene rings is 1. The van der Waals surface area contributed by atoms with Gasteiger partial charge in [-0.15, -0.1) is 0 Å². The summed E-state index contributed by atoms with van der Waals surface area (Å²) >= 11 is 3.31. The molecule has 1 amide bonds. The number of methoxy groups -OCH3 is 1. The second kappa shape index (κ2) is 7.84. The molecule has 1 aromatic rings. The van der Waals surface area contributed by atoms with Gasteiger partial charge in [0.1, 0.15) is 0 Å². The zero-order valence-electron chi connectivity index (χ0n) is 10.0. The first-order chi connectivity index (χ1) is 8.61. The van der Waals surface area contributed by atoms with E-state index in [0.29, 0.717) is 6.54 Å². The summed E-state index contributed by atoms with van der Waals surface area (Å²) in [5.74, 6) is -0.446. The Balaban J connectivity index is 2.21. The van der Waals surface area contributed by atoms with Crippen molar-refractivity contribution in [2.75, 3.05) is 25.5 Å². The van der Waals surface area contributed by atoms with E-state index in [9.17, 15) is 9.59 Å². The third-order valence-corrected chi connectivity index (χ3v) is 2.68. The second-order valence-electron chi connectivity index (χ2n) is 3.56. The van der Waals surface area contributed by atoms with Crippen LogP contribution in [0.25, 0.3) is 0 Å². The number of carbonyl (C=O) groups is 2. The van der Waals surface area contributed by atoms with E-state index in [1.807, 2.05) is 12.1 Å². The average Bonchev–Trinajstić information content (AvgIpc) is 2.37. The van der Waals surface area contributed by atoms with Gasteiger partial charge in [-0.3, -0.25) is 9.59 Å². The van der Waals surface area contributed by atoms with Crippen molar-refractivity contribution in [2.45, 2.75) is 6.42 Å². The highest BCUT2D eigenvalue weighted by atomic mass is 79.9. The van der Waals surface area contributed by atoms with Crippen molar-refractivity contribution >= 4 is 33.5 Å². The Morgan fingerprint density at radius 2 is 1.94 bits per heavy atom. The maximum absolute atomic E-state index is 11.5. The quantitative estimate of drug-likeness (QED) is 0.617. The van der Waals surface area contributed by atoms with E-state index in [1.165, 1.54) is 7.11 Å². The largest absolute Gasteiger partial charge is 0.469 e. The van der Waals surface area contributed by atoms with Gasteiger partial charge in [-0.2, -0.15) is 0 Å². The van der Waals surface area contributed by atoms with Gasteiger partial charge in [-0.05, 0) is 24.3 Å². The minimum Gasteiger partial charge on any atom is -0.469 e. The number of ether oxygens (including phenoxy) is 1. The minimum absolute atomic E-state index is 0.151. The Labute approximate surface area is 114 Å². The molecule has 0 bridgehead atoms. The molecule has 0 radical (unpaired) electrons. The number of rotatable bonds is 6. The van der Waals surface area contributed by atoms with E-state index in [-0.39, 0.29) is 24.8 Å². The van der Waals surface area contributed by atoms with E-state index in [1.54, 1.807) is 12.1 Å². The SMILES string of the molecule is COC(=O)CCNCC(=O)Nc1ccc(Br)cc1. The van der Waals surface area contributed by atoms with Gasteiger partial charge in [0.05, 0.1) is 20.1 Å². The van der Waals surface area contributed by atoms with Crippen LogP contribution in [0.15, 0.2) is 28.7 Å². The van der Waals surface area contributed by atoms with Crippen LogP contribution in [0, 0.1) is 0 Å². The van der Waals surface area contributed by atoms with Crippen molar-refractivity contribution in [3.05, 3.63) is 28.7 Å². The monoisotopic (exact) mass is 314 g/mol. The molecule has 0 atom stereocenters. The predicted molar refractivity (Wildman–Crippen MR) is 72.3 cm³/mol. The number of halogens is 1. The van der Waals surface area contributed by atoms with Crippen molar-refractivity contribution in [2.24, 2.45) is 0 Å². The lowest BCUT2D eigenvalue weighted by molar-refractivity contribution is -0.140. The zero-order valence-corrected chi connectivity index (χ0v) is 11.6. The fourth-order valence-corrected chi connectivity index (χ4v) is 1.50. The van der Waals surface area contributed by atoms with Gasteiger partial charge in [0, 0.05) is 16.7 Å². The van der Waals surface area contributed by atoms with Gasteiger partial charge < -0.3 is 15.4 Å². The molecule has 18 heavy (non-hydrogen) atoms. The van der Waals surface area contributed by atoms with Crippen molar-refractivity contribution in [1.82, 2.24) is 5.32 Å². The first kappa shape index (κ1) is 14.7. The number of carbonyl (C=O) groups excluding carboxylic acids is 2. The fraction of sp³-hybridized carbons (Fsp3) is 0.333. The van der Waals surface area contributed by atoms with E-state index >= 15 is 0 Å². The molecule has 0 saturated carbocycles. The van der Waals surface area contributed by atoms with Gasteiger partial charge in [-0.25, -0.2) is 0 Å². The number of nitrogens with one attached hydrogen (secondary N) is 2. The highest BCUT2D eigenvalue weighted by molar-refractivity contribution is 9.10. The maximum atomic E-state index is 11.5. The number of hydrogen-bond acceptors (Lipinski definition) is 4. The van der Waals surface area contributed by atoms with Crippen molar-refractivity contribution in [3.63, 3.8) is 0 Å². The van der Waals surface area contributed by atoms with Gasteiger partial charge in [0.2, 0.25) is 5.91 Å². The molecule has 0 spiro atoms. The molecule has 0 aliphatic heterocycles. The molecule has 1 rings (SSSR count). The molecule has 0 aromatic heterocycles. The molecule has 2 N–H and O–H groups in total. The predicted octanol–water partition coefficient (Wildman–Crippen LogP) is 1.54. The zero-order chi connectivity index (χ0) is 13.4. The summed E-state index contributed by atoms with van der Waals surface area (Å²) in [6, 6.07) is 7.30. The van der Waals surface area contributed by atoms with E-state index in [4.69, 9.17) is 0 Å². The standard InChI is InChI=1S/C12H15BrN2O3/c1-18-12(17)6-7-14-8-11(16)15-10-4-2-9(13)3-5-10/h2-5,14H,6-8H2,1H3,(H,15,16). The molecule has 0 aliphatic carbocycles. The summed E-state index contributed by atoms with van der Waals surface area (Å²) in [6.45, 7) is 0.577. The Morgan fingerprint density at radius 1 is 1.28 bits per heavy atom. The molecule has 0 aliphatic rings. The van der Waals surface area contributed by atoms with Crippen LogP contribution in [0.4, 0.5) is 5.69 Å². The molecule has 0 fully saturated rings. The molecule has 6 heteroatoms. The van der Waals surface area contributed by atoms with Crippen LogP contribution < -0.4 is 10.6 Å². The van der Waals surface area contributed by atoms with Crippen LogP contribution in [0.5, 0.6) is 0 Å². The molecule has 5 nitrogen and oxygen atoms in total. The Kier molecular flexibility index (Phi) is 6.38. The Bertz CT molecular complexity index is 406. The molecule has 0 unspecified atom stereocenters. The third kappa shape index (κ3) is 5.79. The molecule has 98 valence electrons. The normalized spacial score (nSPS) is 9.89. The van der Waals surface area contributed by atoms with E-state index in [0.717, 1.165) is 10.2 Å². The average molecular weight is 315 g/mol. The van der Waals surface area contributed by atoms with Crippen LogP contribution in [0.2, 0.25) is 0 Å². The van der Waals surface area contributed by atoms with Crippen molar-refractivity contribution in [1.29, 1.82) is 0 Å². The summed E-state index contributed by atoms with van der Waals surface area (Å²) in [4.78, 5) is 22.3. The number of anilines is 1. The maximum Gasteiger partial charge on any atom is 0.306 e. The fourth-order valence-electron chi connectivity index (χ4n) is 1.23. The van der Waals surface area contributed by atoms with Crippen molar-refractivity contribution in [3.8, 4) is 0 Å². The first-order valence-corrected chi connectivity index (χ1v) is 6.24.